The molecule has 0 saturated carbocycles. The molecule has 5 nitrogen and oxygen atoms in total. The average molecular weight is 375 g/mol. The van der Waals surface area contributed by atoms with Crippen molar-refractivity contribution in [1.82, 2.24) is 4.90 Å². The number of aliphatic hydroxyl groups excluding tert-OH is 2. The third-order valence-corrected chi connectivity index (χ3v) is 6.62. The van der Waals surface area contributed by atoms with Crippen molar-refractivity contribution in [1.29, 1.82) is 0 Å². The van der Waals surface area contributed by atoms with Gasteiger partial charge in [0.25, 0.3) is 0 Å². The summed E-state index contributed by atoms with van der Waals surface area (Å²) in [6.07, 6.45) is -0.385. The minimum absolute atomic E-state index is 0.0846. The van der Waals surface area contributed by atoms with Gasteiger partial charge in [0.05, 0.1) is 30.3 Å². The van der Waals surface area contributed by atoms with Crippen LogP contribution in [-0.2, 0) is 9.84 Å². The summed E-state index contributed by atoms with van der Waals surface area (Å²) < 4.78 is 24.1. The molecule has 1 aliphatic rings. The number of rotatable bonds is 7. The van der Waals surface area contributed by atoms with Crippen molar-refractivity contribution in [2.75, 3.05) is 24.7 Å². The second kappa shape index (κ2) is 8.31. The van der Waals surface area contributed by atoms with E-state index in [1.165, 1.54) is 0 Å². The van der Waals surface area contributed by atoms with Crippen LogP contribution in [0, 0.1) is 0 Å². The van der Waals surface area contributed by atoms with Gasteiger partial charge in [-0.15, -0.1) is 0 Å². The summed E-state index contributed by atoms with van der Waals surface area (Å²) >= 11 is 0. The molecule has 6 heteroatoms. The van der Waals surface area contributed by atoms with E-state index in [-0.39, 0.29) is 36.7 Å². The van der Waals surface area contributed by atoms with E-state index in [0.717, 1.165) is 11.1 Å². The molecule has 0 spiro atoms. The minimum atomic E-state index is -3.07. The number of aliphatic hydroxyl groups is 2. The Morgan fingerprint density at radius 3 is 1.96 bits per heavy atom. The average Bonchev–Trinajstić information content (AvgIpc) is 3.02. The van der Waals surface area contributed by atoms with Gasteiger partial charge in [-0.1, -0.05) is 60.7 Å². The molecule has 0 aliphatic carbocycles. The highest BCUT2D eigenvalue weighted by molar-refractivity contribution is 7.91. The topological polar surface area (TPSA) is 77.8 Å². The summed E-state index contributed by atoms with van der Waals surface area (Å²) in [5.41, 5.74) is 2.07. The van der Waals surface area contributed by atoms with Crippen LogP contribution in [0.1, 0.15) is 23.6 Å². The van der Waals surface area contributed by atoms with Crippen LogP contribution in [-0.4, -0.2) is 60.3 Å². The Kier molecular flexibility index (Phi) is 6.09. The van der Waals surface area contributed by atoms with E-state index in [2.05, 4.69) is 0 Å². The van der Waals surface area contributed by atoms with Crippen molar-refractivity contribution in [2.24, 2.45) is 0 Å². The van der Waals surface area contributed by atoms with Crippen molar-refractivity contribution in [3.63, 3.8) is 0 Å². The first-order valence-corrected chi connectivity index (χ1v) is 10.7. The Morgan fingerprint density at radius 1 is 1.00 bits per heavy atom. The summed E-state index contributed by atoms with van der Waals surface area (Å²) in [6, 6.07) is 19.4. The summed E-state index contributed by atoms with van der Waals surface area (Å²) in [4.78, 5) is 2.04. The van der Waals surface area contributed by atoms with Gasteiger partial charge in [0.2, 0.25) is 0 Å². The summed E-state index contributed by atoms with van der Waals surface area (Å²) in [6.45, 7) is -0.141. The Balaban J connectivity index is 2.03. The number of nitrogens with zero attached hydrogens (tertiary/aromatic N) is 1. The number of hydrogen-bond donors (Lipinski definition) is 2. The maximum atomic E-state index is 12.1. The quantitative estimate of drug-likeness (QED) is 0.769. The molecule has 2 aromatic carbocycles. The molecule has 2 N–H and O–H groups in total. The van der Waals surface area contributed by atoms with Gasteiger partial charge in [-0.25, -0.2) is 8.42 Å². The van der Waals surface area contributed by atoms with E-state index in [9.17, 15) is 18.6 Å². The van der Waals surface area contributed by atoms with Crippen LogP contribution in [0.3, 0.4) is 0 Å². The van der Waals surface area contributed by atoms with Gasteiger partial charge in [-0.05, 0) is 17.5 Å². The standard InChI is InChI=1S/C20H25NO4S/c22-14-19(23)13-21(18-11-12-26(24,25)15-18)20(16-7-3-1-4-8-16)17-9-5-2-6-10-17/h1-10,18-20,22-23H,11-15H2/t18-,19-/m0/s1. The van der Waals surface area contributed by atoms with Crippen LogP contribution in [0.25, 0.3) is 0 Å². The van der Waals surface area contributed by atoms with Gasteiger partial charge in [-0.3, -0.25) is 4.90 Å². The predicted molar refractivity (Wildman–Crippen MR) is 102 cm³/mol. The van der Waals surface area contributed by atoms with Crippen molar-refractivity contribution >= 4 is 9.84 Å². The third kappa shape index (κ3) is 4.51. The Bertz CT molecular complexity index is 756. The Morgan fingerprint density at radius 2 is 1.54 bits per heavy atom. The lowest BCUT2D eigenvalue weighted by Gasteiger charge is -2.37. The van der Waals surface area contributed by atoms with Gasteiger partial charge in [0, 0.05) is 12.6 Å². The lowest BCUT2D eigenvalue weighted by Crippen LogP contribution is -2.45. The lowest BCUT2D eigenvalue weighted by molar-refractivity contribution is 0.0358. The van der Waals surface area contributed by atoms with Crippen LogP contribution in [0.5, 0.6) is 0 Å². The lowest BCUT2D eigenvalue weighted by atomic mass is 9.95. The molecule has 1 saturated heterocycles. The Labute approximate surface area is 154 Å². The van der Waals surface area contributed by atoms with Gasteiger partial charge in [-0.2, -0.15) is 0 Å². The summed E-state index contributed by atoms with van der Waals surface area (Å²) in [5.74, 6) is 0.251. The largest absolute Gasteiger partial charge is 0.394 e. The highest BCUT2D eigenvalue weighted by atomic mass is 32.2. The summed E-state index contributed by atoms with van der Waals surface area (Å²) in [7, 11) is -3.07. The van der Waals surface area contributed by atoms with Crippen molar-refractivity contribution in [2.45, 2.75) is 24.6 Å². The first-order valence-electron chi connectivity index (χ1n) is 8.85. The molecule has 1 heterocycles. The fraction of sp³-hybridized carbons (Fsp3) is 0.400. The zero-order valence-electron chi connectivity index (χ0n) is 14.6. The molecule has 3 rings (SSSR count). The molecule has 0 unspecified atom stereocenters. The van der Waals surface area contributed by atoms with E-state index in [0.29, 0.717) is 6.42 Å². The fourth-order valence-corrected chi connectivity index (χ4v) is 5.39. The molecule has 0 amide bonds. The van der Waals surface area contributed by atoms with Crippen LogP contribution < -0.4 is 0 Å². The van der Waals surface area contributed by atoms with E-state index in [4.69, 9.17) is 0 Å². The van der Waals surface area contributed by atoms with Gasteiger partial charge >= 0.3 is 0 Å². The van der Waals surface area contributed by atoms with Gasteiger partial charge in [0.1, 0.15) is 0 Å². The molecular weight excluding hydrogens is 350 g/mol. The predicted octanol–water partition coefficient (Wildman–Crippen LogP) is 1.62. The first kappa shape index (κ1) is 19.0. The zero-order chi connectivity index (χ0) is 18.6. The summed E-state index contributed by atoms with van der Waals surface area (Å²) in [5, 5.41) is 19.5. The minimum Gasteiger partial charge on any atom is -0.394 e. The smallest absolute Gasteiger partial charge is 0.151 e. The van der Waals surface area contributed by atoms with Crippen LogP contribution in [0.15, 0.2) is 60.7 Å². The fourth-order valence-electron chi connectivity index (χ4n) is 3.65. The third-order valence-electron chi connectivity index (χ3n) is 4.87. The van der Waals surface area contributed by atoms with E-state index >= 15 is 0 Å². The van der Waals surface area contributed by atoms with Crippen LogP contribution in [0.4, 0.5) is 0 Å². The number of hydrogen-bond acceptors (Lipinski definition) is 5. The van der Waals surface area contributed by atoms with Gasteiger partial charge in [0.15, 0.2) is 9.84 Å². The first-order chi connectivity index (χ1) is 12.5. The number of benzene rings is 2. The molecule has 1 aliphatic heterocycles. The normalized spacial score (nSPS) is 20.5. The maximum absolute atomic E-state index is 12.1. The molecule has 2 atom stereocenters. The van der Waals surface area contributed by atoms with Crippen LogP contribution in [0.2, 0.25) is 0 Å². The van der Waals surface area contributed by atoms with Crippen molar-refractivity contribution < 1.29 is 18.6 Å². The second-order valence-corrected chi connectivity index (χ2v) is 9.04. The molecule has 2 aromatic rings. The molecule has 140 valence electrons. The van der Waals surface area contributed by atoms with E-state index in [1.54, 1.807) is 0 Å². The molecule has 1 fully saturated rings. The Hall–Kier alpha value is -1.73. The molecular formula is C20H25NO4S. The van der Waals surface area contributed by atoms with Crippen molar-refractivity contribution in [3.05, 3.63) is 71.8 Å². The van der Waals surface area contributed by atoms with Crippen LogP contribution >= 0.6 is 0 Å². The van der Waals surface area contributed by atoms with E-state index in [1.807, 2.05) is 65.6 Å². The maximum Gasteiger partial charge on any atom is 0.151 e. The van der Waals surface area contributed by atoms with Crippen molar-refractivity contribution in [3.8, 4) is 0 Å². The number of sulfone groups is 1. The monoisotopic (exact) mass is 375 g/mol. The highest BCUT2D eigenvalue weighted by Gasteiger charge is 2.37. The zero-order valence-corrected chi connectivity index (χ0v) is 15.4. The second-order valence-electron chi connectivity index (χ2n) is 6.81. The van der Waals surface area contributed by atoms with E-state index < -0.39 is 15.9 Å². The molecule has 0 bridgehead atoms. The molecule has 0 radical (unpaired) electrons. The molecule has 26 heavy (non-hydrogen) atoms. The highest BCUT2D eigenvalue weighted by Crippen LogP contribution is 2.33. The molecule has 0 aromatic heterocycles. The van der Waals surface area contributed by atoms with Gasteiger partial charge < -0.3 is 10.2 Å². The SMILES string of the molecule is O=S1(=O)CC[C@H](N(C[C@H](O)CO)C(c2ccccc2)c2ccccc2)C1.